The second-order valence-corrected chi connectivity index (χ2v) is 11.8. The number of hydrogen-bond acceptors (Lipinski definition) is 3. The summed E-state index contributed by atoms with van der Waals surface area (Å²) in [5.74, 6) is 1.14. The highest BCUT2D eigenvalue weighted by Crippen LogP contribution is 2.33. The van der Waals surface area contributed by atoms with Gasteiger partial charge in [-0.05, 0) is 126 Å². The van der Waals surface area contributed by atoms with E-state index >= 15 is 0 Å². The molecular weight excluding hydrogens is 581 g/mol. The number of nitrogens with zero attached hydrogens (tertiary/aromatic N) is 2. The average molecular weight is 618 g/mol. The lowest BCUT2D eigenvalue weighted by molar-refractivity contribution is 0.0935. The third-order valence-corrected chi connectivity index (χ3v) is 8.82. The number of rotatable bonds is 8. The molecule has 38 heavy (non-hydrogen) atoms. The van der Waals surface area contributed by atoms with Crippen molar-refractivity contribution in [3.63, 3.8) is 0 Å². The van der Waals surface area contributed by atoms with Gasteiger partial charge in [0, 0.05) is 27.3 Å². The fourth-order valence-electron chi connectivity index (χ4n) is 5.66. The molecule has 2 atom stereocenters. The molecule has 5 rings (SSSR count). The van der Waals surface area contributed by atoms with Crippen LogP contribution in [0.2, 0.25) is 0 Å². The van der Waals surface area contributed by atoms with E-state index in [2.05, 4.69) is 112 Å². The number of halogens is 1. The first-order valence-corrected chi connectivity index (χ1v) is 14.8. The van der Waals surface area contributed by atoms with Crippen LogP contribution in [0.3, 0.4) is 0 Å². The molecule has 4 aromatic rings. The number of amides is 1. The van der Waals surface area contributed by atoms with E-state index in [-0.39, 0.29) is 11.9 Å². The molecular formula is C33H36IN3O. The van der Waals surface area contributed by atoms with E-state index in [0.29, 0.717) is 11.8 Å². The standard InChI is InChI=1S/C33H36IN3O/c1-3-31(27-11-13-30(34)14-12-27)36-33(38)28-9-7-25(8-10-28)23(2)26-16-19-37(20-17-26)22-24-6-15-32-29(21-24)5-4-18-35-32/h4-15,18,21,23,26,31H,3,16-17,19-20,22H2,1-2H3,(H,36,38). The Hall–Kier alpha value is -2.77. The molecule has 3 aromatic carbocycles. The molecule has 1 amide bonds. The Morgan fingerprint density at radius 1 is 1.00 bits per heavy atom. The summed E-state index contributed by atoms with van der Waals surface area (Å²) in [6.07, 6.45) is 5.11. The Balaban J connectivity index is 1.14. The van der Waals surface area contributed by atoms with Crippen molar-refractivity contribution in [1.29, 1.82) is 0 Å². The SMILES string of the molecule is CCC(NC(=O)c1ccc(C(C)C2CCN(Cc3ccc4ncccc4c3)CC2)cc1)c1ccc(I)cc1. The number of nitrogens with one attached hydrogen (secondary N) is 1. The molecule has 1 aliphatic rings. The number of aromatic nitrogens is 1. The lowest BCUT2D eigenvalue weighted by Crippen LogP contribution is -2.34. The summed E-state index contributed by atoms with van der Waals surface area (Å²) in [6.45, 7) is 7.69. The van der Waals surface area contributed by atoms with Crippen LogP contribution in [0.5, 0.6) is 0 Å². The summed E-state index contributed by atoms with van der Waals surface area (Å²) in [5.41, 5.74) is 5.62. The van der Waals surface area contributed by atoms with Crippen molar-refractivity contribution in [3.8, 4) is 0 Å². The van der Waals surface area contributed by atoms with E-state index in [4.69, 9.17) is 0 Å². The topological polar surface area (TPSA) is 45.2 Å². The Morgan fingerprint density at radius 3 is 2.42 bits per heavy atom. The average Bonchev–Trinajstić information content (AvgIpc) is 2.96. The highest BCUT2D eigenvalue weighted by Gasteiger charge is 2.25. The summed E-state index contributed by atoms with van der Waals surface area (Å²) in [5, 5.41) is 4.43. The molecule has 2 heterocycles. The van der Waals surface area contributed by atoms with E-state index in [1.165, 1.54) is 32.9 Å². The zero-order chi connectivity index (χ0) is 26.5. The molecule has 0 saturated carbocycles. The van der Waals surface area contributed by atoms with Crippen molar-refractivity contribution in [2.75, 3.05) is 13.1 Å². The monoisotopic (exact) mass is 617 g/mol. The number of carbonyl (C=O) groups excluding carboxylic acids is 1. The lowest BCUT2D eigenvalue weighted by atomic mass is 9.81. The number of hydrogen-bond donors (Lipinski definition) is 1. The van der Waals surface area contributed by atoms with Crippen molar-refractivity contribution < 1.29 is 4.79 Å². The van der Waals surface area contributed by atoms with Gasteiger partial charge in [-0.15, -0.1) is 0 Å². The predicted octanol–water partition coefficient (Wildman–Crippen LogP) is 7.74. The number of fused-ring (bicyclic) bond motifs is 1. The Bertz CT molecular complexity index is 1360. The molecule has 0 spiro atoms. The van der Waals surface area contributed by atoms with Crippen LogP contribution in [0.4, 0.5) is 0 Å². The van der Waals surface area contributed by atoms with Crippen molar-refractivity contribution in [3.05, 3.63) is 111 Å². The maximum atomic E-state index is 13.0. The van der Waals surface area contributed by atoms with Crippen molar-refractivity contribution in [1.82, 2.24) is 15.2 Å². The first-order chi connectivity index (χ1) is 18.5. The van der Waals surface area contributed by atoms with Gasteiger partial charge < -0.3 is 5.32 Å². The number of pyridine rings is 1. The summed E-state index contributed by atoms with van der Waals surface area (Å²) >= 11 is 2.31. The van der Waals surface area contributed by atoms with Crippen LogP contribution in [-0.4, -0.2) is 28.9 Å². The summed E-state index contributed by atoms with van der Waals surface area (Å²) < 4.78 is 1.20. The van der Waals surface area contributed by atoms with Gasteiger partial charge in [-0.25, -0.2) is 0 Å². The van der Waals surface area contributed by atoms with Crippen LogP contribution in [0, 0.1) is 9.49 Å². The van der Waals surface area contributed by atoms with Crippen molar-refractivity contribution in [2.24, 2.45) is 5.92 Å². The number of likely N-dealkylation sites (tertiary alicyclic amines) is 1. The Kier molecular flexibility index (Phi) is 8.75. The fraction of sp³-hybridized carbons (Fsp3) is 0.333. The summed E-state index contributed by atoms with van der Waals surface area (Å²) in [4.78, 5) is 20.0. The Labute approximate surface area is 240 Å². The molecule has 0 bridgehead atoms. The minimum absolute atomic E-state index is 0.00705. The maximum Gasteiger partial charge on any atom is 0.251 e. The van der Waals surface area contributed by atoms with E-state index in [9.17, 15) is 4.79 Å². The maximum absolute atomic E-state index is 13.0. The van der Waals surface area contributed by atoms with Crippen LogP contribution in [-0.2, 0) is 6.54 Å². The van der Waals surface area contributed by atoms with Crippen LogP contribution in [0.25, 0.3) is 10.9 Å². The van der Waals surface area contributed by atoms with Gasteiger partial charge >= 0.3 is 0 Å². The largest absolute Gasteiger partial charge is 0.345 e. The summed E-state index contributed by atoms with van der Waals surface area (Å²) in [7, 11) is 0. The normalized spacial score (nSPS) is 16.3. The molecule has 1 N–H and O–H groups in total. The van der Waals surface area contributed by atoms with Gasteiger partial charge in [0.05, 0.1) is 11.6 Å². The molecule has 0 aliphatic carbocycles. The van der Waals surface area contributed by atoms with E-state index in [1.54, 1.807) is 0 Å². The number of piperidine rings is 1. The van der Waals surface area contributed by atoms with Gasteiger partial charge in [-0.3, -0.25) is 14.7 Å². The van der Waals surface area contributed by atoms with Gasteiger partial charge in [0.1, 0.15) is 0 Å². The third-order valence-electron chi connectivity index (χ3n) is 8.10. The Morgan fingerprint density at radius 2 is 1.71 bits per heavy atom. The van der Waals surface area contributed by atoms with Gasteiger partial charge in [0.15, 0.2) is 0 Å². The zero-order valence-electron chi connectivity index (χ0n) is 22.2. The molecule has 1 fully saturated rings. The molecule has 1 saturated heterocycles. The molecule has 196 valence electrons. The molecule has 1 aromatic heterocycles. The minimum Gasteiger partial charge on any atom is -0.345 e. The quantitative estimate of drug-likeness (QED) is 0.206. The molecule has 4 nitrogen and oxygen atoms in total. The second kappa shape index (κ2) is 12.4. The van der Waals surface area contributed by atoms with Crippen LogP contribution in [0.1, 0.15) is 72.1 Å². The predicted molar refractivity (Wildman–Crippen MR) is 164 cm³/mol. The van der Waals surface area contributed by atoms with E-state index in [0.717, 1.165) is 42.7 Å². The van der Waals surface area contributed by atoms with E-state index < -0.39 is 0 Å². The summed E-state index contributed by atoms with van der Waals surface area (Å²) in [6, 6.07) is 27.5. The lowest BCUT2D eigenvalue weighted by Gasteiger charge is -2.35. The fourth-order valence-corrected chi connectivity index (χ4v) is 6.02. The van der Waals surface area contributed by atoms with Crippen LogP contribution < -0.4 is 5.32 Å². The molecule has 0 radical (unpaired) electrons. The van der Waals surface area contributed by atoms with Gasteiger partial charge in [0.2, 0.25) is 0 Å². The second-order valence-electron chi connectivity index (χ2n) is 10.5. The van der Waals surface area contributed by atoms with Crippen LogP contribution in [0.15, 0.2) is 85.1 Å². The highest BCUT2D eigenvalue weighted by molar-refractivity contribution is 14.1. The van der Waals surface area contributed by atoms with Gasteiger partial charge in [-0.2, -0.15) is 0 Å². The highest BCUT2D eigenvalue weighted by atomic mass is 127. The van der Waals surface area contributed by atoms with Crippen LogP contribution >= 0.6 is 22.6 Å². The minimum atomic E-state index is -0.00705. The third kappa shape index (κ3) is 6.44. The van der Waals surface area contributed by atoms with Crippen molar-refractivity contribution in [2.45, 2.75) is 51.6 Å². The molecule has 1 aliphatic heterocycles. The zero-order valence-corrected chi connectivity index (χ0v) is 24.4. The smallest absolute Gasteiger partial charge is 0.251 e. The van der Waals surface area contributed by atoms with Gasteiger partial charge in [-0.1, -0.05) is 50.2 Å². The van der Waals surface area contributed by atoms with Crippen molar-refractivity contribution >= 4 is 39.4 Å². The molecule has 5 heteroatoms. The number of carbonyl (C=O) groups is 1. The van der Waals surface area contributed by atoms with E-state index in [1.807, 2.05) is 24.4 Å². The van der Waals surface area contributed by atoms with Gasteiger partial charge in [0.25, 0.3) is 5.91 Å². The molecule has 2 unspecified atom stereocenters. The number of benzene rings is 3. The first kappa shape index (κ1) is 26.8. The first-order valence-electron chi connectivity index (χ1n) is 13.7.